The molecule has 0 radical (unpaired) electrons. The highest BCUT2D eigenvalue weighted by Gasteiger charge is 2.39. The number of benzene rings is 6. The van der Waals surface area contributed by atoms with Gasteiger partial charge < -0.3 is 4.57 Å². The first-order valence-electron chi connectivity index (χ1n) is 14.2. The first-order chi connectivity index (χ1) is 20.6. The Labute approximate surface area is 245 Å². The third-order valence-corrected chi connectivity index (χ3v) is 11.5. The number of hydrogen-bond acceptors (Lipinski definition) is 2. The second-order valence-corrected chi connectivity index (χ2v) is 13.5. The van der Waals surface area contributed by atoms with Crippen molar-refractivity contribution in [1.29, 1.82) is 0 Å². The minimum atomic E-state index is -3.14. The van der Waals surface area contributed by atoms with Gasteiger partial charge in [-0.1, -0.05) is 109 Å². The Morgan fingerprint density at radius 3 is 1.74 bits per heavy atom. The number of aryl methyl sites for hydroxylation is 1. The average molecular weight is 559 g/mol. The zero-order chi connectivity index (χ0) is 28.3. The fourth-order valence-electron chi connectivity index (χ4n) is 6.40. The molecule has 0 amide bonds. The van der Waals surface area contributed by atoms with Crippen LogP contribution < -0.4 is 15.9 Å². The fourth-order valence-corrected chi connectivity index (χ4v) is 9.39. The van der Waals surface area contributed by atoms with Crippen LogP contribution >= 0.6 is 7.14 Å². The summed E-state index contributed by atoms with van der Waals surface area (Å²) in [6.45, 7) is 2.04. The smallest absolute Gasteiger partial charge is 0.175 e. The molecule has 1 aliphatic rings. The van der Waals surface area contributed by atoms with Crippen LogP contribution in [0.2, 0.25) is 0 Å². The minimum Gasteiger partial charge on any atom is -0.308 e. The zero-order valence-corrected chi connectivity index (χ0v) is 24.0. The summed E-state index contributed by atoms with van der Waals surface area (Å²) < 4.78 is 17.6. The number of hydrogen-bond donors (Lipinski definition) is 0. The molecule has 7 aromatic rings. The summed E-state index contributed by atoms with van der Waals surface area (Å²) in [5.41, 5.74) is 9.48. The molecule has 0 saturated heterocycles. The number of nitrogens with zero attached hydrogens (tertiary/aromatic N) is 2. The van der Waals surface area contributed by atoms with Crippen LogP contribution in [0.4, 0.5) is 0 Å². The van der Waals surface area contributed by atoms with Gasteiger partial charge >= 0.3 is 0 Å². The topological polar surface area (TPSA) is 34.9 Å². The van der Waals surface area contributed by atoms with E-state index in [2.05, 4.69) is 89.5 Å². The van der Waals surface area contributed by atoms with Crippen molar-refractivity contribution in [3.63, 3.8) is 0 Å². The summed E-state index contributed by atoms with van der Waals surface area (Å²) in [4.78, 5) is 5.17. The highest BCUT2D eigenvalue weighted by Crippen LogP contribution is 2.50. The highest BCUT2D eigenvalue weighted by atomic mass is 31.2. The minimum absolute atomic E-state index is 0.842. The third kappa shape index (κ3) is 3.67. The average Bonchev–Trinajstić information content (AvgIpc) is 3.41. The Balaban J connectivity index is 1.44. The van der Waals surface area contributed by atoms with Crippen molar-refractivity contribution < 1.29 is 4.57 Å². The van der Waals surface area contributed by atoms with Crippen molar-refractivity contribution in [2.45, 2.75) is 6.92 Å². The molecule has 2 heterocycles. The lowest BCUT2D eigenvalue weighted by Crippen LogP contribution is -2.33. The SMILES string of the molecule is Cc1nc2c(-c3cc(-c4ccccc4)cc(-c4ccccc4)c3)ccc3c2n1-c1ccccc1P3(=O)c1ccccc1. The van der Waals surface area contributed by atoms with Crippen molar-refractivity contribution >= 4 is 34.1 Å². The molecule has 0 spiro atoms. The van der Waals surface area contributed by atoms with Crippen LogP contribution in [0, 0.1) is 6.92 Å². The van der Waals surface area contributed by atoms with E-state index in [1.165, 1.54) is 0 Å². The van der Waals surface area contributed by atoms with E-state index in [1.54, 1.807) is 0 Å². The summed E-state index contributed by atoms with van der Waals surface area (Å²) in [5.74, 6) is 0.882. The van der Waals surface area contributed by atoms with Crippen molar-refractivity contribution in [3.8, 4) is 39.1 Å². The molecule has 42 heavy (non-hydrogen) atoms. The first-order valence-corrected chi connectivity index (χ1v) is 15.9. The number of fused-ring (bicyclic) bond motifs is 2. The molecule has 0 saturated carbocycles. The second kappa shape index (κ2) is 9.55. The van der Waals surface area contributed by atoms with Gasteiger partial charge in [0.2, 0.25) is 0 Å². The van der Waals surface area contributed by atoms with Crippen molar-refractivity contribution in [2.75, 3.05) is 0 Å². The molecule has 0 fully saturated rings. The predicted octanol–water partition coefficient (Wildman–Crippen LogP) is 8.29. The summed E-state index contributed by atoms with van der Waals surface area (Å²) in [7, 11) is -3.14. The molecular weight excluding hydrogens is 531 g/mol. The Morgan fingerprint density at radius 1 is 0.548 bits per heavy atom. The predicted molar refractivity (Wildman–Crippen MR) is 175 cm³/mol. The molecule has 4 heteroatoms. The van der Waals surface area contributed by atoms with Gasteiger partial charge in [0.05, 0.1) is 16.7 Å². The fraction of sp³-hybridized carbons (Fsp3) is 0.0263. The van der Waals surface area contributed by atoms with E-state index in [1.807, 2.05) is 67.6 Å². The summed E-state index contributed by atoms with van der Waals surface area (Å²) in [5, 5.41) is 2.54. The summed E-state index contributed by atoms with van der Waals surface area (Å²) in [6.07, 6.45) is 0. The van der Waals surface area contributed by atoms with E-state index >= 15 is 4.57 Å². The molecular formula is C38H27N2OP. The Kier molecular flexibility index (Phi) is 5.63. The Morgan fingerprint density at radius 2 is 1.10 bits per heavy atom. The first kappa shape index (κ1) is 24.8. The number of para-hydroxylation sites is 1. The van der Waals surface area contributed by atoms with E-state index in [9.17, 15) is 0 Å². The number of rotatable bonds is 4. The van der Waals surface area contributed by atoms with E-state index in [0.29, 0.717) is 0 Å². The lowest BCUT2D eigenvalue weighted by atomic mass is 9.93. The van der Waals surface area contributed by atoms with Gasteiger partial charge in [0.15, 0.2) is 7.14 Å². The monoisotopic (exact) mass is 558 g/mol. The van der Waals surface area contributed by atoms with Crippen LogP contribution in [-0.4, -0.2) is 9.55 Å². The van der Waals surface area contributed by atoms with Crippen LogP contribution in [0.3, 0.4) is 0 Å². The Hall–Kier alpha value is -4.98. The molecule has 6 aromatic carbocycles. The highest BCUT2D eigenvalue weighted by molar-refractivity contribution is 7.86. The van der Waals surface area contributed by atoms with Crippen molar-refractivity contribution in [1.82, 2.24) is 9.55 Å². The quantitative estimate of drug-likeness (QED) is 0.204. The van der Waals surface area contributed by atoms with Crippen LogP contribution in [-0.2, 0) is 4.57 Å². The van der Waals surface area contributed by atoms with Gasteiger partial charge in [-0.2, -0.15) is 0 Å². The second-order valence-electron chi connectivity index (χ2n) is 10.8. The lowest BCUT2D eigenvalue weighted by molar-refractivity contribution is 0.592. The largest absolute Gasteiger partial charge is 0.308 e. The van der Waals surface area contributed by atoms with Gasteiger partial charge in [-0.3, -0.25) is 4.57 Å². The molecule has 200 valence electrons. The molecule has 1 unspecified atom stereocenters. The molecule has 1 aromatic heterocycles. The van der Waals surface area contributed by atoms with Crippen LogP contribution in [0.25, 0.3) is 50.1 Å². The molecule has 0 aliphatic carbocycles. The molecule has 1 atom stereocenters. The summed E-state index contributed by atoms with van der Waals surface area (Å²) >= 11 is 0. The maximum absolute atomic E-state index is 15.4. The Bertz CT molecular complexity index is 2110. The van der Waals surface area contributed by atoms with E-state index in [0.717, 1.165) is 71.8 Å². The maximum atomic E-state index is 15.4. The molecule has 3 nitrogen and oxygen atoms in total. The van der Waals surface area contributed by atoms with E-state index in [-0.39, 0.29) is 0 Å². The lowest BCUT2D eigenvalue weighted by Gasteiger charge is -2.29. The van der Waals surface area contributed by atoms with Gasteiger partial charge in [0.1, 0.15) is 5.82 Å². The normalized spacial score (nSPS) is 15.5. The van der Waals surface area contributed by atoms with E-state index in [4.69, 9.17) is 4.98 Å². The third-order valence-electron chi connectivity index (χ3n) is 8.33. The van der Waals surface area contributed by atoms with Gasteiger partial charge in [-0.15, -0.1) is 0 Å². The molecule has 0 N–H and O–H groups in total. The van der Waals surface area contributed by atoms with Crippen LogP contribution in [0.15, 0.2) is 146 Å². The summed E-state index contributed by atoms with van der Waals surface area (Å²) in [6, 6.07) is 49.9. The molecule has 1 aliphatic heterocycles. The van der Waals surface area contributed by atoms with Gasteiger partial charge in [0.25, 0.3) is 0 Å². The maximum Gasteiger partial charge on any atom is 0.175 e. The van der Waals surface area contributed by atoms with E-state index < -0.39 is 7.14 Å². The zero-order valence-electron chi connectivity index (χ0n) is 23.1. The molecule has 0 bridgehead atoms. The van der Waals surface area contributed by atoms with Crippen LogP contribution in [0.5, 0.6) is 0 Å². The van der Waals surface area contributed by atoms with Gasteiger partial charge in [-0.25, -0.2) is 4.98 Å². The van der Waals surface area contributed by atoms with Crippen molar-refractivity contribution in [2.24, 2.45) is 0 Å². The van der Waals surface area contributed by atoms with Gasteiger partial charge in [0, 0.05) is 21.5 Å². The van der Waals surface area contributed by atoms with Crippen molar-refractivity contribution in [3.05, 3.63) is 151 Å². The van der Waals surface area contributed by atoms with Crippen LogP contribution in [0.1, 0.15) is 5.82 Å². The standard InChI is InChI=1S/C38H27N2OP/c1-26-39-37-33(31-24-29(27-13-5-2-6-14-27)23-30(25-31)28-15-7-3-8-16-28)21-22-36-38(37)40(26)34-19-11-12-20-35(34)42(36,41)32-17-9-4-10-18-32/h2-25H,1H3. The number of aromatic nitrogens is 2. The number of imidazole rings is 1. The molecule has 8 rings (SSSR count). The van der Waals surface area contributed by atoms with Gasteiger partial charge in [-0.05, 0) is 71.1 Å².